The van der Waals surface area contributed by atoms with Crippen molar-refractivity contribution in [2.75, 3.05) is 0 Å². The highest BCUT2D eigenvalue weighted by atomic mass is 19.1. The average molecular weight is 298 g/mol. The fourth-order valence-corrected chi connectivity index (χ4v) is 1.59. The zero-order chi connectivity index (χ0) is 15.8. The van der Waals surface area contributed by atoms with Gasteiger partial charge in [-0.05, 0) is 19.4 Å². The Morgan fingerprint density at radius 3 is 2.71 bits per heavy atom. The third kappa shape index (κ3) is 2.72. The normalized spacial score (nSPS) is 14.0. The lowest BCUT2D eigenvalue weighted by Crippen LogP contribution is -2.33. The van der Waals surface area contributed by atoms with E-state index in [1.807, 2.05) is 0 Å². The number of hydrogen-bond donors (Lipinski definition) is 1. The van der Waals surface area contributed by atoms with Crippen LogP contribution in [0.1, 0.15) is 26.1 Å². The summed E-state index contributed by atoms with van der Waals surface area (Å²) in [5.74, 6) is -2.49. The van der Waals surface area contributed by atoms with Gasteiger partial charge in [-0.3, -0.25) is 10.1 Å². The van der Waals surface area contributed by atoms with E-state index < -0.39 is 33.3 Å². The van der Waals surface area contributed by atoms with Crippen LogP contribution in [0.5, 0.6) is 0 Å². The molecule has 0 aliphatic heterocycles. The molecule has 0 amide bonds. The van der Waals surface area contributed by atoms with Gasteiger partial charge in [-0.1, -0.05) is 12.1 Å². The third-order valence-electron chi connectivity index (χ3n) is 3.12. The number of nitro groups is 1. The maximum Gasteiger partial charge on any atom is 0.308 e. The Balaban J connectivity index is 2.55. The Labute approximate surface area is 117 Å². The predicted molar refractivity (Wildman–Crippen MR) is 68.1 cm³/mol. The lowest BCUT2D eigenvalue weighted by Gasteiger charge is -2.16. The van der Waals surface area contributed by atoms with Gasteiger partial charge in [0.05, 0.1) is 22.1 Å². The molecule has 0 aliphatic rings. The fraction of sp³-hybridized carbons (Fsp3) is 0.333. The van der Waals surface area contributed by atoms with Crippen molar-refractivity contribution in [1.82, 2.24) is 10.1 Å². The second-order valence-electron chi connectivity index (χ2n) is 4.74. The van der Waals surface area contributed by atoms with Gasteiger partial charge in [0, 0.05) is 0 Å². The summed E-state index contributed by atoms with van der Waals surface area (Å²) in [4.78, 5) is 13.5. The van der Waals surface area contributed by atoms with Crippen molar-refractivity contribution in [2.24, 2.45) is 5.73 Å². The molecule has 7 nitrogen and oxygen atoms in total. The van der Waals surface area contributed by atoms with Crippen LogP contribution in [-0.2, 0) is 5.54 Å². The molecule has 0 bridgehead atoms. The SMILES string of the molecule is CCC(C)(N)c1noc(-c2cc(F)cc([N+](=O)[O-])c2F)n1. The molecule has 21 heavy (non-hydrogen) atoms. The van der Waals surface area contributed by atoms with Crippen LogP contribution >= 0.6 is 0 Å². The maximum atomic E-state index is 14.0. The van der Waals surface area contributed by atoms with Crippen LogP contribution in [0, 0.1) is 21.7 Å². The number of halogens is 2. The van der Waals surface area contributed by atoms with Crippen molar-refractivity contribution in [1.29, 1.82) is 0 Å². The van der Waals surface area contributed by atoms with E-state index in [-0.39, 0.29) is 11.7 Å². The van der Waals surface area contributed by atoms with E-state index in [9.17, 15) is 18.9 Å². The minimum atomic E-state index is -1.24. The molecule has 0 fully saturated rings. The molecule has 112 valence electrons. The second kappa shape index (κ2) is 5.17. The molecular weight excluding hydrogens is 286 g/mol. The molecule has 1 heterocycles. The molecule has 1 unspecified atom stereocenters. The Morgan fingerprint density at radius 2 is 2.14 bits per heavy atom. The number of nitrogens with zero attached hydrogens (tertiary/aromatic N) is 3. The van der Waals surface area contributed by atoms with Crippen LogP contribution in [0.15, 0.2) is 16.7 Å². The largest absolute Gasteiger partial charge is 0.334 e. The highest BCUT2D eigenvalue weighted by molar-refractivity contribution is 5.59. The van der Waals surface area contributed by atoms with Crippen molar-refractivity contribution < 1.29 is 18.2 Å². The highest BCUT2D eigenvalue weighted by Gasteiger charge is 2.28. The van der Waals surface area contributed by atoms with E-state index in [1.54, 1.807) is 13.8 Å². The Bertz CT molecular complexity index is 700. The van der Waals surface area contributed by atoms with Gasteiger partial charge < -0.3 is 10.3 Å². The summed E-state index contributed by atoms with van der Waals surface area (Å²) in [6.07, 6.45) is 0.484. The van der Waals surface area contributed by atoms with Crippen LogP contribution in [0.2, 0.25) is 0 Å². The lowest BCUT2D eigenvalue weighted by molar-refractivity contribution is -0.387. The molecule has 0 saturated heterocycles. The summed E-state index contributed by atoms with van der Waals surface area (Å²) in [7, 11) is 0. The number of aromatic nitrogens is 2. The highest BCUT2D eigenvalue weighted by Crippen LogP contribution is 2.30. The molecule has 0 aliphatic carbocycles. The number of nitrogens with two attached hydrogens (primary N) is 1. The maximum absolute atomic E-state index is 14.0. The summed E-state index contributed by atoms with van der Waals surface area (Å²) >= 11 is 0. The molecule has 0 saturated carbocycles. The molecule has 9 heteroatoms. The van der Waals surface area contributed by atoms with Crippen LogP contribution in [-0.4, -0.2) is 15.1 Å². The minimum Gasteiger partial charge on any atom is -0.334 e. The quantitative estimate of drug-likeness (QED) is 0.686. The van der Waals surface area contributed by atoms with Gasteiger partial charge in [-0.25, -0.2) is 4.39 Å². The molecule has 2 rings (SSSR count). The van der Waals surface area contributed by atoms with E-state index >= 15 is 0 Å². The number of benzene rings is 1. The van der Waals surface area contributed by atoms with Crippen molar-refractivity contribution in [3.63, 3.8) is 0 Å². The first-order valence-corrected chi connectivity index (χ1v) is 6.03. The number of hydrogen-bond acceptors (Lipinski definition) is 6. The number of nitro benzene ring substituents is 1. The summed E-state index contributed by atoms with van der Waals surface area (Å²) in [6, 6.07) is 1.23. The van der Waals surface area contributed by atoms with Crippen molar-refractivity contribution in [3.8, 4) is 11.5 Å². The smallest absolute Gasteiger partial charge is 0.308 e. The van der Waals surface area contributed by atoms with Gasteiger partial charge in [-0.2, -0.15) is 9.37 Å². The van der Waals surface area contributed by atoms with Gasteiger partial charge >= 0.3 is 5.69 Å². The summed E-state index contributed by atoms with van der Waals surface area (Å²) < 4.78 is 32.2. The first-order chi connectivity index (χ1) is 9.76. The summed E-state index contributed by atoms with van der Waals surface area (Å²) in [5, 5.41) is 14.3. The van der Waals surface area contributed by atoms with Crippen molar-refractivity contribution >= 4 is 5.69 Å². The molecule has 0 radical (unpaired) electrons. The summed E-state index contributed by atoms with van der Waals surface area (Å²) in [6.45, 7) is 3.44. The van der Waals surface area contributed by atoms with E-state index in [0.717, 1.165) is 6.07 Å². The van der Waals surface area contributed by atoms with E-state index in [0.29, 0.717) is 12.5 Å². The van der Waals surface area contributed by atoms with Crippen LogP contribution < -0.4 is 5.73 Å². The second-order valence-corrected chi connectivity index (χ2v) is 4.74. The van der Waals surface area contributed by atoms with Crippen molar-refractivity contribution in [3.05, 3.63) is 39.7 Å². The fourth-order valence-electron chi connectivity index (χ4n) is 1.59. The van der Waals surface area contributed by atoms with Gasteiger partial charge in [0.1, 0.15) is 5.82 Å². The molecule has 2 N–H and O–H groups in total. The zero-order valence-electron chi connectivity index (χ0n) is 11.3. The van der Waals surface area contributed by atoms with E-state index in [2.05, 4.69) is 10.1 Å². The predicted octanol–water partition coefficient (Wildman–Crippen LogP) is 2.51. The molecule has 0 spiro atoms. The zero-order valence-corrected chi connectivity index (χ0v) is 11.3. The Hall–Kier alpha value is -2.42. The molecular formula is C12H12F2N4O3. The summed E-state index contributed by atoms with van der Waals surface area (Å²) in [5.41, 5.74) is 3.53. The topological polar surface area (TPSA) is 108 Å². The monoisotopic (exact) mass is 298 g/mol. The number of rotatable bonds is 4. The molecule has 1 atom stereocenters. The first-order valence-electron chi connectivity index (χ1n) is 6.03. The third-order valence-corrected chi connectivity index (χ3v) is 3.12. The molecule has 1 aromatic heterocycles. The lowest BCUT2D eigenvalue weighted by atomic mass is 10.00. The molecule has 2 aromatic rings. The van der Waals surface area contributed by atoms with Crippen LogP contribution in [0.25, 0.3) is 11.5 Å². The Kier molecular flexibility index (Phi) is 3.69. The first kappa shape index (κ1) is 15.0. The van der Waals surface area contributed by atoms with Crippen LogP contribution in [0.4, 0.5) is 14.5 Å². The van der Waals surface area contributed by atoms with Gasteiger partial charge in [-0.15, -0.1) is 0 Å². The van der Waals surface area contributed by atoms with E-state index in [4.69, 9.17) is 10.3 Å². The Morgan fingerprint density at radius 1 is 1.48 bits per heavy atom. The average Bonchev–Trinajstić information content (AvgIpc) is 2.91. The standard InChI is InChI=1S/C12H12F2N4O3/c1-3-12(2,15)11-16-10(21-17-11)7-4-6(13)5-8(9(7)14)18(19)20/h4-5H,3,15H2,1-2H3. The van der Waals surface area contributed by atoms with Gasteiger partial charge in [0.2, 0.25) is 5.82 Å². The van der Waals surface area contributed by atoms with Crippen LogP contribution in [0.3, 0.4) is 0 Å². The van der Waals surface area contributed by atoms with Gasteiger partial charge in [0.25, 0.3) is 5.89 Å². The van der Waals surface area contributed by atoms with Crippen molar-refractivity contribution in [2.45, 2.75) is 25.8 Å². The van der Waals surface area contributed by atoms with E-state index in [1.165, 1.54) is 0 Å². The molecule has 1 aromatic carbocycles. The van der Waals surface area contributed by atoms with Gasteiger partial charge in [0.15, 0.2) is 5.82 Å². The minimum absolute atomic E-state index is 0.103.